The Labute approximate surface area is 188 Å². The van der Waals surface area contributed by atoms with Gasteiger partial charge in [-0.2, -0.15) is 0 Å². The van der Waals surface area contributed by atoms with Crippen molar-refractivity contribution in [2.24, 2.45) is 0 Å². The van der Waals surface area contributed by atoms with E-state index in [0.717, 1.165) is 62.6 Å². The van der Waals surface area contributed by atoms with E-state index in [1.54, 1.807) is 0 Å². The van der Waals surface area contributed by atoms with Crippen molar-refractivity contribution in [2.45, 2.75) is 63.1 Å². The molecule has 1 N–H and O–H groups in total. The monoisotopic (exact) mass is 460 g/mol. The van der Waals surface area contributed by atoms with Crippen molar-refractivity contribution in [1.82, 2.24) is 19.4 Å². The van der Waals surface area contributed by atoms with Crippen LogP contribution in [-0.2, 0) is 14.6 Å². The Morgan fingerprint density at radius 2 is 1.75 bits per heavy atom. The summed E-state index contributed by atoms with van der Waals surface area (Å²) in [6.45, 7) is 1.84. The molecule has 0 radical (unpaired) electrons. The molecule has 3 aliphatic rings. The minimum Gasteiger partial charge on any atom is -0.335 e. The van der Waals surface area contributed by atoms with Crippen LogP contribution in [-0.4, -0.2) is 76.9 Å². The minimum absolute atomic E-state index is 0.0710. The highest BCUT2D eigenvalue weighted by molar-refractivity contribution is 7.91. The highest BCUT2D eigenvalue weighted by Crippen LogP contribution is 2.30. The molecule has 0 unspecified atom stereocenters. The molecule has 1 atom stereocenters. The number of sulfone groups is 1. The van der Waals surface area contributed by atoms with Gasteiger partial charge in [0.25, 0.3) is 0 Å². The molecule has 1 amide bonds. The second kappa shape index (κ2) is 8.67. The molecule has 9 heteroatoms. The number of carbonyl (C=O) groups excluding carboxylic acids is 1. The van der Waals surface area contributed by atoms with Crippen LogP contribution in [0.15, 0.2) is 29.1 Å². The summed E-state index contributed by atoms with van der Waals surface area (Å²) >= 11 is 0. The first-order valence-corrected chi connectivity index (χ1v) is 13.7. The number of nitrogens with one attached hydrogen (secondary N) is 1. The van der Waals surface area contributed by atoms with Gasteiger partial charge in [-0.1, -0.05) is 25.0 Å². The van der Waals surface area contributed by atoms with Gasteiger partial charge in [0.05, 0.1) is 29.1 Å². The van der Waals surface area contributed by atoms with Crippen molar-refractivity contribution in [3.05, 3.63) is 34.7 Å². The van der Waals surface area contributed by atoms with Gasteiger partial charge < -0.3 is 9.88 Å². The number of aromatic amines is 1. The maximum Gasteiger partial charge on any atom is 0.326 e. The lowest BCUT2D eigenvalue weighted by Gasteiger charge is -2.37. The summed E-state index contributed by atoms with van der Waals surface area (Å²) in [5.41, 5.74) is 1.71. The van der Waals surface area contributed by atoms with Crippen LogP contribution in [0.2, 0.25) is 0 Å². The smallest absolute Gasteiger partial charge is 0.326 e. The lowest BCUT2D eigenvalue weighted by molar-refractivity contribution is -0.137. The minimum atomic E-state index is -3.03. The summed E-state index contributed by atoms with van der Waals surface area (Å²) in [6.07, 6.45) is 6.38. The SMILES string of the molecule is O=C(CN1CCC(n2c(=O)[nH]c3ccccc32)CC1)N(C1CCCC1)[C@@H]1CCS(=O)(=O)C1. The van der Waals surface area contributed by atoms with Gasteiger partial charge in [0.2, 0.25) is 5.91 Å². The largest absolute Gasteiger partial charge is 0.335 e. The lowest BCUT2D eigenvalue weighted by atomic mass is 10.0. The molecule has 2 aromatic rings. The quantitative estimate of drug-likeness (QED) is 0.736. The van der Waals surface area contributed by atoms with E-state index in [0.29, 0.717) is 13.0 Å². The van der Waals surface area contributed by atoms with Crippen LogP contribution in [0.1, 0.15) is 51.0 Å². The first kappa shape index (κ1) is 21.7. The molecule has 1 saturated carbocycles. The Morgan fingerprint density at radius 1 is 1.03 bits per heavy atom. The summed E-state index contributed by atoms with van der Waals surface area (Å²) in [5.74, 6) is 0.376. The van der Waals surface area contributed by atoms with Gasteiger partial charge >= 0.3 is 5.69 Å². The zero-order chi connectivity index (χ0) is 22.3. The lowest BCUT2D eigenvalue weighted by Crippen LogP contribution is -2.51. The molecule has 32 heavy (non-hydrogen) atoms. The number of H-pyrrole nitrogens is 1. The summed E-state index contributed by atoms with van der Waals surface area (Å²) < 4.78 is 26.0. The van der Waals surface area contributed by atoms with Crippen LogP contribution < -0.4 is 5.69 Å². The maximum atomic E-state index is 13.4. The zero-order valence-electron chi connectivity index (χ0n) is 18.4. The molecule has 3 fully saturated rings. The van der Waals surface area contributed by atoms with Crippen molar-refractivity contribution in [3.8, 4) is 0 Å². The van der Waals surface area contributed by atoms with Crippen LogP contribution in [0.4, 0.5) is 0 Å². The molecule has 2 saturated heterocycles. The number of rotatable bonds is 5. The van der Waals surface area contributed by atoms with Gasteiger partial charge in [0.15, 0.2) is 9.84 Å². The predicted molar refractivity (Wildman–Crippen MR) is 123 cm³/mol. The first-order valence-electron chi connectivity index (χ1n) is 11.8. The van der Waals surface area contributed by atoms with Gasteiger partial charge in [-0.05, 0) is 44.2 Å². The van der Waals surface area contributed by atoms with Crippen LogP contribution in [0, 0.1) is 0 Å². The number of likely N-dealkylation sites (tertiary alicyclic amines) is 1. The predicted octanol–water partition coefficient (Wildman–Crippen LogP) is 1.92. The van der Waals surface area contributed by atoms with Gasteiger partial charge in [-0.25, -0.2) is 13.2 Å². The number of hydrogen-bond donors (Lipinski definition) is 1. The van der Waals surface area contributed by atoms with E-state index < -0.39 is 9.84 Å². The van der Waals surface area contributed by atoms with E-state index in [-0.39, 0.29) is 41.2 Å². The van der Waals surface area contributed by atoms with Crippen LogP contribution in [0.5, 0.6) is 0 Å². The highest BCUT2D eigenvalue weighted by atomic mass is 32.2. The molecule has 1 aromatic carbocycles. The third-order valence-corrected chi connectivity index (χ3v) is 9.26. The van der Waals surface area contributed by atoms with E-state index in [9.17, 15) is 18.0 Å². The van der Waals surface area contributed by atoms with E-state index in [2.05, 4.69) is 9.88 Å². The third kappa shape index (κ3) is 4.24. The number of fused-ring (bicyclic) bond motifs is 1. The number of imidazole rings is 1. The van der Waals surface area contributed by atoms with E-state index in [1.807, 2.05) is 33.7 Å². The Kier molecular flexibility index (Phi) is 5.88. The zero-order valence-corrected chi connectivity index (χ0v) is 19.2. The molecule has 2 aliphatic heterocycles. The van der Waals surface area contributed by atoms with Gasteiger partial charge in [0.1, 0.15) is 0 Å². The number of amides is 1. The molecule has 0 bridgehead atoms. The normalized spacial score (nSPS) is 24.9. The van der Waals surface area contributed by atoms with Crippen LogP contribution >= 0.6 is 0 Å². The Hall–Kier alpha value is -2.13. The van der Waals surface area contributed by atoms with Crippen molar-refractivity contribution >= 4 is 26.8 Å². The topological polar surface area (TPSA) is 95.5 Å². The van der Waals surface area contributed by atoms with E-state index in [4.69, 9.17) is 0 Å². The van der Waals surface area contributed by atoms with Crippen molar-refractivity contribution in [2.75, 3.05) is 31.1 Å². The fraction of sp³-hybridized carbons (Fsp3) is 0.652. The Bertz CT molecular complexity index is 1140. The fourth-order valence-corrected chi connectivity index (χ4v) is 7.64. The number of para-hydroxylation sites is 2. The number of piperidine rings is 1. The molecule has 1 aromatic heterocycles. The average Bonchev–Trinajstić information content (AvgIpc) is 3.48. The van der Waals surface area contributed by atoms with Crippen molar-refractivity contribution in [1.29, 1.82) is 0 Å². The van der Waals surface area contributed by atoms with Crippen LogP contribution in [0.3, 0.4) is 0 Å². The average molecular weight is 461 g/mol. The number of aromatic nitrogens is 2. The number of hydrogen-bond acceptors (Lipinski definition) is 5. The molecule has 1 aliphatic carbocycles. The Balaban J connectivity index is 1.25. The molecule has 8 nitrogen and oxygen atoms in total. The fourth-order valence-electron chi connectivity index (χ4n) is 5.93. The maximum absolute atomic E-state index is 13.4. The standard InChI is InChI=1S/C23H32N4O4S/c28-22(26(17-5-1-2-6-17)19-11-14-32(30,31)16-19)15-25-12-9-18(10-13-25)27-21-8-4-3-7-20(21)24-23(27)29/h3-4,7-8,17-19H,1-2,5-6,9-16H2,(H,24,29)/t19-/m1/s1. The molecule has 5 rings (SSSR count). The number of benzene rings is 1. The van der Waals surface area contributed by atoms with Gasteiger partial charge in [-0.15, -0.1) is 0 Å². The summed E-state index contributed by atoms with van der Waals surface area (Å²) in [7, 11) is -3.03. The third-order valence-electron chi connectivity index (χ3n) is 7.51. The first-order chi connectivity index (χ1) is 15.4. The van der Waals surface area contributed by atoms with Crippen LogP contribution in [0.25, 0.3) is 11.0 Å². The van der Waals surface area contributed by atoms with Gasteiger partial charge in [-0.3, -0.25) is 14.3 Å². The second-order valence-corrected chi connectivity index (χ2v) is 11.8. The molecule has 0 spiro atoms. The molecular formula is C23H32N4O4S. The second-order valence-electron chi connectivity index (χ2n) is 9.62. The molecule has 174 valence electrons. The van der Waals surface area contributed by atoms with E-state index in [1.165, 1.54) is 0 Å². The number of carbonyl (C=O) groups is 1. The van der Waals surface area contributed by atoms with Crippen molar-refractivity contribution in [3.63, 3.8) is 0 Å². The summed E-state index contributed by atoms with van der Waals surface area (Å²) in [6, 6.07) is 7.89. The molecular weight excluding hydrogens is 428 g/mol. The Morgan fingerprint density at radius 3 is 2.44 bits per heavy atom. The molecule has 3 heterocycles. The van der Waals surface area contributed by atoms with Crippen molar-refractivity contribution < 1.29 is 13.2 Å². The van der Waals surface area contributed by atoms with Gasteiger partial charge in [0, 0.05) is 31.2 Å². The number of nitrogens with zero attached hydrogens (tertiary/aromatic N) is 3. The summed E-state index contributed by atoms with van der Waals surface area (Å²) in [4.78, 5) is 32.9. The highest BCUT2D eigenvalue weighted by Gasteiger charge is 2.39. The summed E-state index contributed by atoms with van der Waals surface area (Å²) in [5, 5.41) is 0. The van der Waals surface area contributed by atoms with E-state index >= 15 is 0 Å².